The van der Waals surface area contributed by atoms with Crippen LogP contribution in [0, 0.1) is 28.6 Å². The van der Waals surface area contributed by atoms with Gasteiger partial charge in [-0.1, -0.05) is 6.92 Å². The molecule has 15 atom stereocenters. The predicted molar refractivity (Wildman–Crippen MR) is 139 cm³/mol. The van der Waals surface area contributed by atoms with Gasteiger partial charge in [-0.15, -0.1) is 0 Å². The molecule has 5 fully saturated rings. The Hall–Kier alpha value is -1.19. The van der Waals surface area contributed by atoms with Crippen molar-refractivity contribution in [3.63, 3.8) is 0 Å². The van der Waals surface area contributed by atoms with Crippen molar-refractivity contribution in [3.05, 3.63) is 11.6 Å². The van der Waals surface area contributed by atoms with E-state index in [0.717, 1.165) is 5.57 Å². The Labute approximate surface area is 238 Å². The molecule has 2 aliphatic heterocycles. The molecular weight excluding hydrogens is 540 g/mol. The molecule has 0 bridgehead atoms. The molecule has 41 heavy (non-hydrogen) atoms. The van der Waals surface area contributed by atoms with Crippen molar-refractivity contribution in [2.45, 2.75) is 119 Å². The number of esters is 1. The Balaban J connectivity index is 1.28. The number of aliphatic hydroxyl groups excluding tert-OH is 6. The fraction of sp³-hybridized carbons (Fsp3) is 0.897. The van der Waals surface area contributed by atoms with Crippen LogP contribution in [-0.4, -0.2) is 120 Å². The molecule has 1 saturated heterocycles. The number of hydrogen-bond donors (Lipinski definition) is 8. The SMILES string of the molecule is C[C@@H]1O[C@@H](O[C@H]2C[C@@H](O)C3(CO)[C@H]4[C@H](O)C[C@]5(C)[C@@H](C6=CC(=O)OC6)CC[C@]5(O)[C@@H]4CC[C@]3(O)C2)[C@H](O)[C@H](O)[C@H]1O. The van der Waals surface area contributed by atoms with Gasteiger partial charge < -0.3 is 55.1 Å². The van der Waals surface area contributed by atoms with Crippen LogP contribution < -0.4 is 0 Å². The lowest BCUT2D eigenvalue weighted by Crippen LogP contribution is -2.76. The molecule has 6 rings (SSSR count). The number of fused-ring (bicyclic) bond motifs is 5. The maximum atomic E-state index is 12.4. The number of rotatable bonds is 4. The highest BCUT2D eigenvalue weighted by Crippen LogP contribution is 2.70. The van der Waals surface area contributed by atoms with Crippen molar-refractivity contribution in [2.75, 3.05) is 13.2 Å². The van der Waals surface area contributed by atoms with E-state index in [0.29, 0.717) is 19.3 Å². The van der Waals surface area contributed by atoms with Gasteiger partial charge in [-0.25, -0.2) is 4.79 Å². The van der Waals surface area contributed by atoms with Crippen LogP contribution in [0.5, 0.6) is 0 Å². The zero-order chi connectivity index (χ0) is 29.7. The van der Waals surface area contributed by atoms with Crippen LogP contribution in [0.3, 0.4) is 0 Å². The van der Waals surface area contributed by atoms with E-state index in [1.807, 2.05) is 6.92 Å². The number of carbonyl (C=O) groups is 1. The molecule has 232 valence electrons. The van der Waals surface area contributed by atoms with Gasteiger partial charge in [-0.2, -0.15) is 0 Å². The number of carbonyl (C=O) groups excluding carboxylic acids is 1. The zero-order valence-electron chi connectivity index (χ0n) is 23.5. The van der Waals surface area contributed by atoms with E-state index in [4.69, 9.17) is 14.2 Å². The van der Waals surface area contributed by atoms with Gasteiger partial charge in [0.2, 0.25) is 0 Å². The molecule has 4 aliphatic carbocycles. The maximum Gasteiger partial charge on any atom is 0.331 e. The summed E-state index contributed by atoms with van der Waals surface area (Å²) in [7, 11) is 0. The fourth-order valence-electron chi connectivity index (χ4n) is 10.1. The third-order valence-electron chi connectivity index (χ3n) is 12.2. The van der Waals surface area contributed by atoms with Crippen LogP contribution in [0.2, 0.25) is 0 Å². The van der Waals surface area contributed by atoms with Gasteiger partial charge in [0, 0.05) is 30.3 Å². The largest absolute Gasteiger partial charge is 0.458 e. The van der Waals surface area contributed by atoms with Crippen LogP contribution in [0.25, 0.3) is 0 Å². The van der Waals surface area contributed by atoms with Gasteiger partial charge in [-0.3, -0.25) is 0 Å². The van der Waals surface area contributed by atoms with Crippen LogP contribution >= 0.6 is 0 Å². The molecule has 4 saturated carbocycles. The molecule has 0 aromatic carbocycles. The van der Waals surface area contributed by atoms with Crippen LogP contribution in [0.4, 0.5) is 0 Å². The predicted octanol–water partition coefficient (Wildman–Crippen LogP) is -1.51. The monoisotopic (exact) mass is 584 g/mol. The summed E-state index contributed by atoms with van der Waals surface area (Å²) in [5.41, 5.74) is -4.46. The first-order valence-corrected chi connectivity index (χ1v) is 14.9. The van der Waals surface area contributed by atoms with Gasteiger partial charge in [0.1, 0.15) is 24.9 Å². The van der Waals surface area contributed by atoms with E-state index in [1.165, 1.54) is 13.0 Å². The summed E-state index contributed by atoms with van der Waals surface area (Å²) in [5.74, 6) is -1.93. The molecule has 0 spiro atoms. The Morgan fingerprint density at radius 2 is 1.76 bits per heavy atom. The summed E-state index contributed by atoms with van der Waals surface area (Å²) in [5, 5.41) is 89.6. The molecule has 1 unspecified atom stereocenters. The van der Waals surface area contributed by atoms with Gasteiger partial charge in [0.15, 0.2) is 6.29 Å². The number of aliphatic hydroxyl groups is 8. The molecule has 0 aromatic rings. The van der Waals surface area contributed by atoms with Crippen molar-refractivity contribution >= 4 is 5.97 Å². The number of cyclic esters (lactones) is 1. The van der Waals surface area contributed by atoms with Crippen molar-refractivity contribution in [1.29, 1.82) is 0 Å². The summed E-state index contributed by atoms with van der Waals surface area (Å²) in [4.78, 5) is 11.8. The van der Waals surface area contributed by atoms with Crippen LogP contribution in [0.15, 0.2) is 11.6 Å². The van der Waals surface area contributed by atoms with Crippen molar-refractivity contribution in [1.82, 2.24) is 0 Å². The summed E-state index contributed by atoms with van der Waals surface area (Å²) < 4.78 is 16.7. The second kappa shape index (κ2) is 9.91. The maximum absolute atomic E-state index is 12.4. The minimum absolute atomic E-state index is 0.0369. The Morgan fingerprint density at radius 1 is 1.02 bits per heavy atom. The summed E-state index contributed by atoms with van der Waals surface area (Å²) in [6, 6.07) is 0. The lowest BCUT2D eigenvalue weighted by molar-refractivity contribution is -0.342. The smallest absolute Gasteiger partial charge is 0.331 e. The van der Waals surface area contributed by atoms with Crippen molar-refractivity contribution < 1.29 is 59.9 Å². The van der Waals surface area contributed by atoms with Crippen LogP contribution in [0.1, 0.15) is 58.8 Å². The lowest BCUT2D eigenvalue weighted by Gasteiger charge is -2.68. The fourth-order valence-corrected chi connectivity index (χ4v) is 10.1. The van der Waals surface area contributed by atoms with Crippen LogP contribution in [-0.2, 0) is 19.0 Å². The zero-order valence-corrected chi connectivity index (χ0v) is 23.5. The highest BCUT2D eigenvalue weighted by molar-refractivity contribution is 5.85. The molecule has 12 heteroatoms. The molecule has 8 N–H and O–H groups in total. The standard InChI is InChI=1S/C29H44O12/c1-13-22(34)23(35)24(36)25(40-13)41-15-8-19(32)28(12-30)21-17(3-5-27(28,37)9-15)29(38)6-4-16(14-7-20(33)39-11-14)26(29,2)10-18(21)31/h7,13,15-19,21-25,30-32,34-38H,3-6,8-12H2,1-2H3/t13-,15-,16+,17+,18+,19+,21+,22-,23+,24+,25-,26+,27-,28?,29-/m0/s1. The summed E-state index contributed by atoms with van der Waals surface area (Å²) in [6.45, 7) is 3.00. The highest BCUT2D eigenvalue weighted by Gasteiger charge is 2.75. The molecule has 2 heterocycles. The van der Waals surface area contributed by atoms with Gasteiger partial charge in [0.05, 0.1) is 47.6 Å². The summed E-state index contributed by atoms with van der Waals surface area (Å²) in [6.07, 6.45) is -6.68. The van der Waals surface area contributed by atoms with E-state index < -0.39 is 95.5 Å². The first kappa shape index (κ1) is 29.9. The van der Waals surface area contributed by atoms with E-state index in [9.17, 15) is 45.6 Å². The molecule has 0 amide bonds. The minimum Gasteiger partial charge on any atom is -0.458 e. The third-order valence-corrected chi connectivity index (χ3v) is 12.2. The lowest BCUT2D eigenvalue weighted by atomic mass is 9.40. The molecular formula is C29H44O12. The average Bonchev–Trinajstić information content (AvgIpc) is 3.45. The first-order chi connectivity index (χ1) is 19.2. The third kappa shape index (κ3) is 3.99. The topological polar surface area (TPSA) is 207 Å². The van der Waals surface area contributed by atoms with Gasteiger partial charge >= 0.3 is 5.97 Å². The van der Waals surface area contributed by atoms with Crippen molar-refractivity contribution in [3.8, 4) is 0 Å². The van der Waals surface area contributed by atoms with E-state index in [-0.39, 0.29) is 38.2 Å². The average molecular weight is 585 g/mol. The Bertz CT molecular complexity index is 1080. The van der Waals surface area contributed by atoms with E-state index in [1.54, 1.807) is 0 Å². The second-order valence-electron chi connectivity index (χ2n) is 13.8. The first-order valence-electron chi connectivity index (χ1n) is 14.9. The van der Waals surface area contributed by atoms with E-state index >= 15 is 0 Å². The quantitative estimate of drug-likeness (QED) is 0.140. The second-order valence-corrected chi connectivity index (χ2v) is 13.8. The highest BCUT2D eigenvalue weighted by atomic mass is 16.7. The minimum atomic E-state index is -1.67. The molecule has 0 aromatic heterocycles. The van der Waals surface area contributed by atoms with Gasteiger partial charge in [-0.05, 0) is 56.4 Å². The normalized spacial score (nSPS) is 56.9. The van der Waals surface area contributed by atoms with E-state index in [2.05, 4.69) is 0 Å². The van der Waals surface area contributed by atoms with Crippen molar-refractivity contribution in [2.24, 2.45) is 28.6 Å². The van der Waals surface area contributed by atoms with Gasteiger partial charge in [0.25, 0.3) is 0 Å². The molecule has 0 radical (unpaired) electrons. The molecule has 6 aliphatic rings. The number of ether oxygens (including phenoxy) is 3. The Morgan fingerprint density at radius 3 is 2.41 bits per heavy atom. The summed E-state index contributed by atoms with van der Waals surface area (Å²) >= 11 is 0. The molecule has 12 nitrogen and oxygen atoms in total. The Kier molecular flexibility index (Phi) is 7.22. The number of hydrogen-bond acceptors (Lipinski definition) is 12.